The number of rotatable bonds is 4. The van der Waals surface area contributed by atoms with Crippen molar-refractivity contribution in [3.05, 3.63) is 52.8 Å². The lowest BCUT2D eigenvalue weighted by molar-refractivity contribution is 0.0998. The number of aromatic nitrogens is 1. The summed E-state index contributed by atoms with van der Waals surface area (Å²) in [5, 5.41) is 2.86. The molecule has 0 atom stereocenters. The molecule has 1 saturated carbocycles. The number of primary amides is 1. The van der Waals surface area contributed by atoms with Crippen molar-refractivity contribution in [2.45, 2.75) is 32.7 Å². The van der Waals surface area contributed by atoms with Crippen molar-refractivity contribution in [3.63, 3.8) is 0 Å². The molecule has 2 aromatic rings. The van der Waals surface area contributed by atoms with Gasteiger partial charge in [0.1, 0.15) is 0 Å². The lowest BCUT2D eigenvalue weighted by Gasteiger charge is -2.08. The van der Waals surface area contributed by atoms with Crippen LogP contribution in [0.15, 0.2) is 30.3 Å². The second kappa shape index (κ2) is 5.33. The van der Waals surface area contributed by atoms with Crippen LogP contribution in [0.4, 0.5) is 5.69 Å². The van der Waals surface area contributed by atoms with Crippen LogP contribution in [0, 0.1) is 13.8 Å². The van der Waals surface area contributed by atoms with Crippen LogP contribution in [0.1, 0.15) is 51.0 Å². The zero-order chi connectivity index (χ0) is 15.9. The summed E-state index contributed by atoms with van der Waals surface area (Å²) in [4.78, 5) is 23.5. The highest BCUT2D eigenvalue weighted by Gasteiger charge is 2.28. The molecule has 0 saturated heterocycles. The van der Waals surface area contributed by atoms with E-state index in [1.807, 2.05) is 19.9 Å². The molecule has 1 aliphatic rings. The van der Waals surface area contributed by atoms with Gasteiger partial charge in [0.2, 0.25) is 5.91 Å². The molecule has 5 heteroatoms. The third kappa shape index (κ3) is 2.62. The van der Waals surface area contributed by atoms with Crippen LogP contribution in [0.5, 0.6) is 0 Å². The molecular weight excluding hydrogens is 278 g/mol. The largest absolute Gasteiger partial charge is 0.366 e. The molecule has 3 N–H and O–H groups in total. The van der Waals surface area contributed by atoms with Gasteiger partial charge in [-0.1, -0.05) is 0 Å². The molecule has 0 bridgehead atoms. The Bertz CT molecular complexity index is 740. The summed E-state index contributed by atoms with van der Waals surface area (Å²) in [5.41, 5.74) is 9.09. The number of hydrogen-bond donors (Lipinski definition) is 2. The lowest BCUT2D eigenvalue weighted by Crippen LogP contribution is -2.14. The summed E-state index contributed by atoms with van der Waals surface area (Å²) in [5.74, 6) is -0.613. The van der Waals surface area contributed by atoms with Gasteiger partial charge in [-0.05, 0) is 57.0 Å². The van der Waals surface area contributed by atoms with Crippen LogP contribution in [0.2, 0.25) is 0 Å². The highest BCUT2D eigenvalue weighted by atomic mass is 16.2. The predicted molar refractivity (Wildman–Crippen MR) is 85.1 cm³/mol. The molecule has 1 aromatic carbocycles. The number of amides is 2. The lowest BCUT2D eigenvalue weighted by atomic mass is 10.2. The van der Waals surface area contributed by atoms with E-state index < -0.39 is 5.91 Å². The van der Waals surface area contributed by atoms with Crippen molar-refractivity contribution in [1.29, 1.82) is 0 Å². The van der Waals surface area contributed by atoms with Gasteiger partial charge in [0.05, 0.1) is 5.56 Å². The molecular formula is C17H19N3O2. The van der Waals surface area contributed by atoms with E-state index in [2.05, 4.69) is 9.88 Å². The molecule has 3 rings (SSSR count). The Morgan fingerprint density at radius 1 is 1.18 bits per heavy atom. The Labute approximate surface area is 129 Å². The molecule has 1 aliphatic carbocycles. The summed E-state index contributed by atoms with van der Waals surface area (Å²) < 4.78 is 2.24. The van der Waals surface area contributed by atoms with Crippen LogP contribution in [-0.4, -0.2) is 16.4 Å². The minimum absolute atomic E-state index is 0.133. The maximum Gasteiger partial charge on any atom is 0.257 e. The third-order valence-corrected chi connectivity index (χ3v) is 4.07. The second-order valence-corrected chi connectivity index (χ2v) is 5.78. The SMILES string of the molecule is Cc1cc(C(=O)Nc2ccc(C(N)=O)cc2)c(C)n1C1CC1. The Balaban J connectivity index is 1.79. The number of nitrogens with zero attached hydrogens (tertiary/aromatic N) is 1. The van der Waals surface area contributed by atoms with E-state index in [0.717, 1.165) is 11.4 Å². The van der Waals surface area contributed by atoms with Gasteiger partial charge in [0.15, 0.2) is 0 Å². The number of anilines is 1. The molecule has 2 amide bonds. The number of carbonyl (C=O) groups excluding carboxylic acids is 2. The van der Waals surface area contributed by atoms with Gasteiger partial charge in [-0.2, -0.15) is 0 Å². The molecule has 0 radical (unpaired) electrons. The monoisotopic (exact) mass is 297 g/mol. The number of nitrogens with one attached hydrogen (secondary N) is 1. The normalized spacial score (nSPS) is 13.9. The van der Waals surface area contributed by atoms with Crippen LogP contribution < -0.4 is 11.1 Å². The van der Waals surface area contributed by atoms with Gasteiger partial charge >= 0.3 is 0 Å². The van der Waals surface area contributed by atoms with Crippen molar-refractivity contribution in [1.82, 2.24) is 4.57 Å². The van der Waals surface area contributed by atoms with Gasteiger partial charge < -0.3 is 15.6 Å². The van der Waals surface area contributed by atoms with E-state index in [1.54, 1.807) is 24.3 Å². The first-order valence-electron chi connectivity index (χ1n) is 7.37. The highest BCUT2D eigenvalue weighted by molar-refractivity contribution is 6.05. The van der Waals surface area contributed by atoms with Crippen LogP contribution in [-0.2, 0) is 0 Å². The first-order chi connectivity index (χ1) is 10.5. The first kappa shape index (κ1) is 14.4. The topological polar surface area (TPSA) is 77.1 Å². The van der Waals surface area contributed by atoms with Crippen LogP contribution >= 0.6 is 0 Å². The number of benzene rings is 1. The van der Waals surface area contributed by atoms with E-state index >= 15 is 0 Å². The highest BCUT2D eigenvalue weighted by Crippen LogP contribution is 2.38. The Hall–Kier alpha value is -2.56. The average molecular weight is 297 g/mol. The first-order valence-corrected chi connectivity index (χ1v) is 7.37. The zero-order valence-electron chi connectivity index (χ0n) is 12.7. The minimum atomic E-state index is -0.481. The van der Waals surface area contributed by atoms with Gasteiger partial charge in [-0.15, -0.1) is 0 Å². The van der Waals surface area contributed by atoms with Gasteiger partial charge in [0, 0.05) is 28.7 Å². The fourth-order valence-electron chi connectivity index (χ4n) is 2.82. The quantitative estimate of drug-likeness (QED) is 0.910. The van der Waals surface area contributed by atoms with Crippen molar-refractivity contribution in [3.8, 4) is 0 Å². The average Bonchev–Trinajstić information content (AvgIpc) is 3.25. The van der Waals surface area contributed by atoms with Crippen molar-refractivity contribution < 1.29 is 9.59 Å². The molecule has 1 heterocycles. The van der Waals surface area contributed by atoms with Crippen LogP contribution in [0.25, 0.3) is 0 Å². The predicted octanol–water partition coefficient (Wildman–Crippen LogP) is 2.79. The van der Waals surface area contributed by atoms with E-state index in [4.69, 9.17) is 5.73 Å². The van der Waals surface area contributed by atoms with E-state index in [-0.39, 0.29) is 5.91 Å². The summed E-state index contributed by atoms with van der Waals surface area (Å²) in [7, 11) is 0. The number of carbonyl (C=O) groups is 2. The maximum atomic E-state index is 12.4. The van der Waals surface area contributed by atoms with Gasteiger partial charge in [0.25, 0.3) is 5.91 Å². The molecule has 22 heavy (non-hydrogen) atoms. The summed E-state index contributed by atoms with van der Waals surface area (Å²) in [6, 6.07) is 9.05. The maximum absolute atomic E-state index is 12.4. The molecule has 0 unspecified atom stereocenters. The summed E-state index contributed by atoms with van der Waals surface area (Å²) in [6.07, 6.45) is 2.37. The summed E-state index contributed by atoms with van der Waals surface area (Å²) >= 11 is 0. The molecule has 1 aromatic heterocycles. The molecule has 0 spiro atoms. The number of hydrogen-bond acceptors (Lipinski definition) is 2. The molecule has 114 valence electrons. The summed E-state index contributed by atoms with van der Waals surface area (Å²) in [6.45, 7) is 4.01. The van der Waals surface area contributed by atoms with E-state index in [0.29, 0.717) is 22.9 Å². The molecule has 1 fully saturated rings. The number of nitrogens with two attached hydrogens (primary N) is 1. The van der Waals surface area contributed by atoms with Gasteiger partial charge in [-0.3, -0.25) is 9.59 Å². The third-order valence-electron chi connectivity index (χ3n) is 4.07. The fourth-order valence-corrected chi connectivity index (χ4v) is 2.82. The number of aryl methyl sites for hydroxylation is 1. The Morgan fingerprint density at radius 3 is 2.36 bits per heavy atom. The second-order valence-electron chi connectivity index (χ2n) is 5.78. The van der Waals surface area contributed by atoms with Crippen molar-refractivity contribution in [2.75, 3.05) is 5.32 Å². The minimum Gasteiger partial charge on any atom is -0.366 e. The van der Waals surface area contributed by atoms with E-state index in [1.165, 1.54) is 12.8 Å². The zero-order valence-corrected chi connectivity index (χ0v) is 12.7. The van der Waals surface area contributed by atoms with Crippen molar-refractivity contribution in [2.24, 2.45) is 5.73 Å². The Kier molecular flexibility index (Phi) is 3.48. The Morgan fingerprint density at radius 2 is 1.82 bits per heavy atom. The molecule has 5 nitrogen and oxygen atoms in total. The van der Waals surface area contributed by atoms with Gasteiger partial charge in [-0.25, -0.2) is 0 Å². The van der Waals surface area contributed by atoms with Crippen LogP contribution in [0.3, 0.4) is 0 Å². The molecule has 0 aliphatic heterocycles. The van der Waals surface area contributed by atoms with Crippen molar-refractivity contribution >= 4 is 17.5 Å². The smallest absolute Gasteiger partial charge is 0.257 e. The fraction of sp³-hybridized carbons (Fsp3) is 0.294. The standard InChI is InChI=1S/C17H19N3O2/c1-10-9-15(11(2)20(10)14-7-8-14)17(22)19-13-5-3-12(4-6-13)16(18)21/h3-6,9,14H,7-8H2,1-2H3,(H2,18,21)(H,19,22). The van der Waals surface area contributed by atoms with E-state index in [9.17, 15) is 9.59 Å².